The molecule has 1 aromatic heterocycles. The van der Waals surface area contributed by atoms with Gasteiger partial charge in [0, 0.05) is 18.0 Å². The first-order valence-electron chi connectivity index (χ1n) is 6.27. The Hall–Kier alpha value is -0.420. The van der Waals surface area contributed by atoms with Gasteiger partial charge in [0.1, 0.15) is 0 Å². The van der Waals surface area contributed by atoms with E-state index in [-0.39, 0.29) is 0 Å². The molecule has 0 N–H and O–H groups in total. The molecule has 0 amide bonds. The van der Waals surface area contributed by atoms with Crippen LogP contribution in [0.15, 0.2) is 17.5 Å². The molecular formula is C13H22N2OS. The largest absolute Gasteiger partial charge is 0.378 e. The number of thiophene rings is 1. The molecule has 1 unspecified atom stereocenters. The van der Waals surface area contributed by atoms with Crippen LogP contribution in [0.5, 0.6) is 0 Å². The predicted octanol–water partition coefficient (Wildman–Crippen LogP) is 2.07. The molecule has 96 valence electrons. The van der Waals surface area contributed by atoms with Crippen LogP contribution in [0.3, 0.4) is 0 Å². The molecule has 1 aliphatic heterocycles. The molecule has 17 heavy (non-hydrogen) atoms. The summed E-state index contributed by atoms with van der Waals surface area (Å²) >= 11 is 1.84. The highest BCUT2D eigenvalue weighted by Gasteiger charge is 2.24. The van der Waals surface area contributed by atoms with Crippen LogP contribution in [0.4, 0.5) is 0 Å². The molecule has 2 rings (SSSR count). The Bertz CT molecular complexity index is 313. The van der Waals surface area contributed by atoms with E-state index in [1.165, 1.54) is 17.8 Å². The second-order valence-electron chi connectivity index (χ2n) is 4.80. The summed E-state index contributed by atoms with van der Waals surface area (Å²) in [5.74, 6) is 0. The van der Waals surface area contributed by atoms with Gasteiger partial charge in [-0.15, -0.1) is 11.3 Å². The molecule has 1 aromatic rings. The minimum atomic E-state index is 0.478. The summed E-state index contributed by atoms with van der Waals surface area (Å²) in [6.45, 7) is 5.13. The zero-order valence-corrected chi connectivity index (χ0v) is 11.6. The van der Waals surface area contributed by atoms with E-state index in [2.05, 4.69) is 41.4 Å². The van der Waals surface area contributed by atoms with E-state index in [4.69, 9.17) is 4.74 Å². The van der Waals surface area contributed by atoms with Gasteiger partial charge in [0.2, 0.25) is 0 Å². The van der Waals surface area contributed by atoms with Crippen molar-refractivity contribution < 1.29 is 4.74 Å². The smallest absolute Gasteiger partial charge is 0.0678 e. The predicted molar refractivity (Wildman–Crippen MR) is 72.6 cm³/mol. The standard InChI is InChI=1S/C13H22N2OS/c1-14(2)6-4-7-15-8-9-16-11-12(15)13-5-3-10-17-13/h3,5,10,12H,4,6-9,11H2,1-2H3. The van der Waals surface area contributed by atoms with E-state index in [0.29, 0.717) is 6.04 Å². The lowest BCUT2D eigenvalue weighted by molar-refractivity contribution is -0.00815. The Morgan fingerprint density at radius 2 is 2.41 bits per heavy atom. The van der Waals surface area contributed by atoms with Gasteiger partial charge in [-0.1, -0.05) is 6.07 Å². The highest BCUT2D eigenvalue weighted by Crippen LogP contribution is 2.27. The van der Waals surface area contributed by atoms with Gasteiger partial charge in [-0.05, 0) is 38.5 Å². The molecule has 3 nitrogen and oxygen atoms in total. The van der Waals surface area contributed by atoms with Crippen LogP contribution in [0.25, 0.3) is 0 Å². The topological polar surface area (TPSA) is 15.7 Å². The van der Waals surface area contributed by atoms with Crippen molar-refractivity contribution in [1.29, 1.82) is 0 Å². The van der Waals surface area contributed by atoms with Crippen molar-refractivity contribution in [2.75, 3.05) is 46.9 Å². The molecule has 0 bridgehead atoms. The third-order valence-electron chi connectivity index (χ3n) is 3.16. The van der Waals surface area contributed by atoms with Crippen LogP contribution in [0.2, 0.25) is 0 Å². The summed E-state index contributed by atoms with van der Waals surface area (Å²) in [4.78, 5) is 6.26. The van der Waals surface area contributed by atoms with E-state index in [0.717, 1.165) is 26.3 Å². The van der Waals surface area contributed by atoms with Crippen molar-refractivity contribution in [2.45, 2.75) is 12.5 Å². The lowest BCUT2D eigenvalue weighted by Crippen LogP contribution is -2.40. The van der Waals surface area contributed by atoms with Crippen molar-refractivity contribution in [3.05, 3.63) is 22.4 Å². The van der Waals surface area contributed by atoms with E-state index >= 15 is 0 Å². The number of morpholine rings is 1. The van der Waals surface area contributed by atoms with Crippen LogP contribution in [0, 0.1) is 0 Å². The quantitative estimate of drug-likeness (QED) is 0.800. The third-order valence-corrected chi connectivity index (χ3v) is 4.14. The normalized spacial score (nSPS) is 22.2. The van der Waals surface area contributed by atoms with E-state index in [1.807, 2.05) is 11.3 Å². The fraction of sp³-hybridized carbons (Fsp3) is 0.692. The first-order chi connectivity index (χ1) is 8.27. The SMILES string of the molecule is CN(C)CCCN1CCOCC1c1cccs1. The number of hydrogen-bond donors (Lipinski definition) is 0. The van der Waals surface area contributed by atoms with Crippen molar-refractivity contribution in [3.8, 4) is 0 Å². The van der Waals surface area contributed by atoms with Gasteiger partial charge in [-0.3, -0.25) is 4.90 Å². The highest BCUT2D eigenvalue weighted by atomic mass is 32.1. The van der Waals surface area contributed by atoms with Crippen LogP contribution < -0.4 is 0 Å². The van der Waals surface area contributed by atoms with Gasteiger partial charge < -0.3 is 9.64 Å². The Labute approximate surface area is 108 Å². The number of ether oxygens (including phenoxy) is 1. The summed E-state index contributed by atoms with van der Waals surface area (Å²) in [5, 5.41) is 2.15. The van der Waals surface area contributed by atoms with Gasteiger partial charge >= 0.3 is 0 Å². The lowest BCUT2D eigenvalue weighted by atomic mass is 10.2. The molecule has 4 heteroatoms. The van der Waals surface area contributed by atoms with Crippen LogP contribution in [-0.2, 0) is 4.74 Å². The molecule has 1 fully saturated rings. The average Bonchev–Trinajstić information content (AvgIpc) is 2.82. The fourth-order valence-electron chi connectivity index (χ4n) is 2.24. The van der Waals surface area contributed by atoms with E-state index in [9.17, 15) is 0 Å². The first-order valence-corrected chi connectivity index (χ1v) is 7.15. The van der Waals surface area contributed by atoms with Crippen LogP contribution >= 0.6 is 11.3 Å². The molecule has 2 heterocycles. The Morgan fingerprint density at radius 1 is 1.53 bits per heavy atom. The lowest BCUT2D eigenvalue weighted by Gasteiger charge is -2.35. The summed E-state index contributed by atoms with van der Waals surface area (Å²) in [6.07, 6.45) is 1.23. The molecule has 1 atom stereocenters. The Balaban J connectivity index is 1.89. The van der Waals surface area contributed by atoms with Crippen molar-refractivity contribution in [2.24, 2.45) is 0 Å². The van der Waals surface area contributed by atoms with Crippen LogP contribution in [-0.4, -0.2) is 56.7 Å². The van der Waals surface area contributed by atoms with Gasteiger partial charge in [0.15, 0.2) is 0 Å². The van der Waals surface area contributed by atoms with Gasteiger partial charge in [0.25, 0.3) is 0 Å². The highest BCUT2D eigenvalue weighted by molar-refractivity contribution is 7.10. The average molecular weight is 254 g/mol. The summed E-state index contributed by atoms with van der Waals surface area (Å²) in [6, 6.07) is 4.83. The molecule has 1 aliphatic rings. The summed E-state index contributed by atoms with van der Waals surface area (Å²) in [7, 11) is 4.27. The fourth-order valence-corrected chi connectivity index (χ4v) is 3.08. The van der Waals surface area contributed by atoms with Gasteiger partial charge in [0.05, 0.1) is 19.3 Å². The summed E-state index contributed by atoms with van der Waals surface area (Å²) < 4.78 is 5.62. The monoisotopic (exact) mass is 254 g/mol. The number of nitrogens with zero attached hydrogens (tertiary/aromatic N) is 2. The minimum Gasteiger partial charge on any atom is -0.378 e. The second-order valence-corrected chi connectivity index (χ2v) is 5.78. The Morgan fingerprint density at radius 3 is 3.12 bits per heavy atom. The number of rotatable bonds is 5. The summed E-state index contributed by atoms with van der Waals surface area (Å²) in [5.41, 5.74) is 0. The first kappa shape index (κ1) is 13.0. The maximum Gasteiger partial charge on any atom is 0.0678 e. The van der Waals surface area contributed by atoms with E-state index in [1.54, 1.807) is 0 Å². The maximum atomic E-state index is 5.62. The van der Waals surface area contributed by atoms with Crippen LogP contribution in [0.1, 0.15) is 17.3 Å². The second kappa shape index (κ2) is 6.50. The molecule has 1 saturated heterocycles. The van der Waals surface area contributed by atoms with Gasteiger partial charge in [-0.2, -0.15) is 0 Å². The molecule has 0 aromatic carbocycles. The molecule has 0 radical (unpaired) electrons. The molecule has 0 spiro atoms. The zero-order chi connectivity index (χ0) is 12.1. The minimum absolute atomic E-state index is 0.478. The van der Waals surface area contributed by atoms with Crippen molar-refractivity contribution >= 4 is 11.3 Å². The zero-order valence-electron chi connectivity index (χ0n) is 10.8. The van der Waals surface area contributed by atoms with E-state index < -0.39 is 0 Å². The maximum absolute atomic E-state index is 5.62. The number of hydrogen-bond acceptors (Lipinski definition) is 4. The van der Waals surface area contributed by atoms with Gasteiger partial charge in [-0.25, -0.2) is 0 Å². The third kappa shape index (κ3) is 3.78. The molecule has 0 saturated carbocycles. The Kier molecular flexibility index (Phi) is 4.98. The molecule has 0 aliphatic carbocycles. The molecular weight excluding hydrogens is 232 g/mol. The van der Waals surface area contributed by atoms with Crippen molar-refractivity contribution in [1.82, 2.24) is 9.80 Å². The van der Waals surface area contributed by atoms with Crippen molar-refractivity contribution in [3.63, 3.8) is 0 Å².